The Hall–Kier alpha value is -1.64. The van der Waals surface area contributed by atoms with Crippen LogP contribution < -0.4 is 5.32 Å². The Labute approximate surface area is 183 Å². The van der Waals surface area contributed by atoms with Crippen molar-refractivity contribution in [1.82, 2.24) is 9.62 Å². The van der Waals surface area contributed by atoms with Crippen LogP contribution in [-0.2, 0) is 14.8 Å². The van der Waals surface area contributed by atoms with Gasteiger partial charge in [0.25, 0.3) is 10.0 Å². The number of Topliss-reactive ketones (excluding diaryl/α,β-unsaturated/α-hetero) is 1. The van der Waals surface area contributed by atoms with Gasteiger partial charge in [0.2, 0.25) is 5.72 Å². The number of rotatable bonds is 8. The molecule has 0 radical (unpaired) electrons. The van der Waals surface area contributed by atoms with E-state index in [1.165, 1.54) is 24.3 Å². The number of ketones is 1. The summed E-state index contributed by atoms with van der Waals surface area (Å²) in [6.07, 6.45) is 5.34. The van der Waals surface area contributed by atoms with Crippen molar-refractivity contribution in [2.75, 3.05) is 6.54 Å². The molecular weight excluding hydrogens is 428 g/mol. The normalized spacial score (nSPS) is 18.3. The maximum absolute atomic E-state index is 13.3. The minimum absolute atomic E-state index is 0.0523. The van der Waals surface area contributed by atoms with Crippen molar-refractivity contribution >= 4 is 33.4 Å². The van der Waals surface area contributed by atoms with Crippen LogP contribution in [0.3, 0.4) is 0 Å². The molecule has 1 fully saturated rings. The number of urea groups is 1. The molecule has 2 unspecified atom stereocenters. The maximum atomic E-state index is 13.3. The minimum atomic E-state index is -4.52. The first-order chi connectivity index (χ1) is 14.0. The summed E-state index contributed by atoms with van der Waals surface area (Å²) < 4.78 is 26.9. The molecule has 2 N–H and O–H groups in total. The van der Waals surface area contributed by atoms with Crippen molar-refractivity contribution in [3.05, 3.63) is 29.3 Å². The molecule has 1 aliphatic rings. The summed E-state index contributed by atoms with van der Waals surface area (Å²) in [5.74, 6) is -1.21. The summed E-state index contributed by atoms with van der Waals surface area (Å²) in [6, 6.07) is 4.18. The molecule has 2 rings (SSSR count). The number of carbonyl (C=O) groups is 2. The van der Waals surface area contributed by atoms with Crippen LogP contribution in [0.25, 0.3) is 0 Å². The van der Waals surface area contributed by atoms with E-state index in [-0.39, 0.29) is 21.7 Å². The second-order valence-electron chi connectivity index (χ2n) is 8.03. The summed E-state index contributed by atoms with van der Waals surface area (Å²) in [6.45, 7) is 4.79. The third-order valence-corrected chi connectivity index (χ3v) is 7.82. The molecule has 2 atom stereocenters. The monoisotopic (exact) mass is 458 g/mol. The first-order valence-electron chi connectivity index (χ1n) is 10.4. The molecule has 1 aromatic rings. The van der Waals surface area contributed by atoms with E-state index in [9.17, 15) is 23.1 Å². The smallest absolute Gasteiger partial charge is 0.334 e. The molecule has 7 nitrogen and oxygen atoms in total. The molecule has 30 heavy (non-hydrogen) atoms. The maximum Gasteiger partial charge on any atom is 0.334 e. The van der Waals surface area contributed by atoms with E-state index in [1.54, 1.807) is 6.92 Å². The van der Waals surface area contributed by atoms with E-state index >= 15 is 0 Å². The second-order valence-corrected chi connectivity index (χ2v) is 10.3. The van der Waals surface area contributed by atoms with Gasteiger partial charge in [-0.3, -0.25) is 4.79 Å². The largest absolute Gasteiger partial charge is 0.364 e. The molecule has 0 aliphatic heterocycles. The summed E-state index contributed by atoms with van der Waals surface area (Å²) in [4.78, 5) is 25.9. The fourth-order valence-electron chi connectivity index (χ4n) is 3.94. The summed E-state index contributed by atoms with van der Waals surface area (Å²) in [5, 5.41) is 14.0. The van der Waals surface area contributed by atoms with Gasteiger partial charge < -0.3 is 10.4 Å². The van der Waals surface area contributed by atoms with Gasteiger partial charge in [-0.25, -0.2) is 13.2 Å². The van der Waals surface area contributed by atoms with Crippen LogP contribution in [0.4, 0.5) is 4.79 Å². The topological polar surface area (TPSA) is 104 Å². The van der Waals surface area contributed by atoms with E-state index in [2.05, 4.69) is 5.32 Å². The number of halogens is 1. The molecule has 0 saturated heterocycles. The van der Waals surface area contributed by atoms with Crippen molar-refractivity contribution in [1.29, 1.82) is 0 Å². The van der Waals surface area contributed by atoms with E-state index in [0.717, 1.165) is 39.0 Å². The number of benzene rings is 1. The van der Waals surface area contributed by atoms with Gasteiger partial charge in [0.05, 0.1) is 4.90 Å². The van der Waals surface area contributed by atoms with Gasteiger partial charge in [0.1, 0.15) is 0 Å². The highest BCUT2D eigenvalue weighted by Crippen LogP contribution is 2.34. The lowest BCUT2D eigenvalue weighted by molar-refractivity contribution is -0.150. The Bertz CT molecular complexity index is 849. The standard InChI is InChI=1S/C21H31ClN2O5S/c1-4-14-23-20(26)24(30(28,29)18-12-10-17(22)11-13-18)21(3,27)19(25)15(2)16-8-6-5-7-9-16/h10-13,15-16,27H,4-9,14H2,1-3H3,(H,23,26). The lowest BCUT2D eigenvalue weighted by atomic mass is 9.77. The Balaban J connectivity index is 2.44. The molecule has 1 aromatic carbocycles. The van der Waals surface area contributed by atoms with E-state index in [0.29, 0.717) is 11.4 Å². The first-order valence-corrected chi connectivity index (χ1v) is 12.2. The SMILES string of the molecule is CCCNC(=O)N(C(C)(O)C(=O)C(C)C1CCCCC1)S(=O)(=O)c1ccc(Cl)cc1. The third kappa shape index (κ3) is 5.34. The number of hydrogen-bond acceptors (Lipinski definition) is 5. The molecule has 2 amide bonds. The number of hydrogen-bond donors (Lipinski definition) is 2. The van der Waals surface area contributed by atoms with Crippen molar-refractivity contribution < 1.29 is 23.1 Å². The molecule has 0 heterocycles. The van der Waals surface area contributed by atoms with Crippen molar-refractivity contribution in [3.8, 4) is 0 Å². The highest BCUT2D eigenvalue weighted by atomic mass is 35.5. The Morgan fingerprint density at radius 3 is 2.33 bits per heavy atom. The van der Waals surface area contributed by atoms with Crippen LogP contribution >= 0.6 is 11.6 Å². The number of nitrogens with zero attached hydrogens (tertiary/aromatic N) is 1. The lowest BCUT2D eigenvalue weighted by Crippen LogP contribution is -2.61. The van der Waals surface area contributed by atoms with Crippen LogP contribution in [0.15, 0.2) is 29.2 Å². The first kappa shape index (κ1) is 24.6. The van der Waals surface area contributed by atoms with Gasteiger partial charge in [-0.2, -0.15) is 4.31 Å². The Morgan fingerprint density at radius 2 is 1.80 bits per heavy atom. The van der Waals surface area contributed by atoms with Crippen molar-refractivity contribution in [2.24, 2.45) is 11.8 Å². The number of aliphatic hydroxyl groups is 1. The minimum Gasteiger partial charge on any atom is -0.364 e. The third-order valence-electron chi connectivity index (χ3n) is 5.70. The fraction of sp³-hybridized carbons (Fsp3) is 0.619. The average Bonchev–Trinajstić information content (AvgIpc) is 2.71. The average molecular weight is 459 g/mol. The summed E-state index contributed by atoms with van der Waals surface area (Å²) >= 11 is 5.85. The Kier molecular flexibility index (Phi) is 8.30. The summed E-state index contributed by atoms with van der Waals surface area (Å²) in [5.41, 5.74) is -2.53. The van der Waals surface area contributed by atoms with Crippen LogP contribution in [-0.4, -0.2) is 41.9 Å². The number of carbonyl (C=O) groups excluding carboxylic acids is 2. The van der Waals surface area contributed by atoms with Crippen molar-refractivity contribution in [2.45, 2.75) is 69.9 Å². The van der Waals surface area contributed by atoms with Crippen LogP contribution in [0.1, 0.15) is 59.3 Å². The molecule has 9 heteroatoms. The zero-order valence-corrected chi connectivity index (χ0v) is 19.3. The van der Waals surface area contributed by atoms with Gasteiger partial charge in [0, 0.05) is 17.5 Å². The predicted octanol–water partition coefficient (Wildman–Crippen LogP) is 3.94. The highest BCUT2D eigenvalue weighted by molar-refractivity contribution is 7.89. The van der Waals surface area contributed by atoms with Gasteiger partial charge >= 0.3 is 6.03 Å². The van der Waals surface area contributed by atoms with E-state index in [4.69, 9.17) is 11.6 Å². The van der Waals surface area contributed by atoms with Gasteiger partial charge in [0.15, 0.2) is 5.78 Å². The quantitative estimate of drug-likeness (QED) is 0.574. The van der Waals surface area contributed by atoms with Crippen molar-refractivity contribution in [3.63, 3.8) is 0 Å². The zero-order valence-electron chi connectivity index (χ0n) is 17.7. The Morgan fingerprint density at radius 1 is 1.23 bits per heavy atom. The number of nitrogens with one attached hydrogen (secondary N) is 1. The second kappa shape index (κ2) is 10.1. The van der Waals surface area contributed by atoms with Crippen LogP contribution in [0, 0.1) is 11.8 Å². The van der Waals surface area contributed by atoms with Gasteiger partial charge in [-0.15, -0.1) is 0 Å². The fourth-order valence-corrected chi connectivity index (χ4v) is 5.59. The molecule has 0 aromatic heterocycles. The highest BCUT2D eigenvalue weighted by Gasteiger charge is 2.50. The number of amides is 2. The van der Waals surface area contributed by atoms with Gasteiger partial charge in [-0.1, -0.05) is 44.7 Å². The molecule has 0 spiro atoms. The molecule has 0 bridgehead atoms. The van der Waals surface area contributed by atoms with Crippen LogP contribution in [0.5, 0.6) is 0 Å². The van der Waals surface area contributed by atoms with E-state index < -0.39 is 33.5 Å². The van der Waals surface area contributed by atoms with E-state index in [1.807, 2.05) is 6.92 Å². The summed E-state index contributed by atoms with van der Waals surface area (Å²) in [7, 11) is -4.52. The zero-order chi connectivity index (χ0) is 22.5. The predicted molar refractivity (Wildman–Crippen MR) is 116 cm³/mol. The molecule has 1 saturated carbocycles. The lowest BCUT2D eigenvalue weighted by Gasteiger charge is -2.38. The molecule has 168 valence electrons. The van der Waals surface area contributed by atoms with Gasteiger partial charge in [-0.05, 0) is 56.4 Å². The van der Waals surface area contributed by atoms with Crippen LogP contribution in [0.2, 0.25) is 5.02 Å². The molecule has 1 aliphatic carbocycles. The number of sulfonamides is 1. The molecular formula is C21H31ClN2O5S.